The van der Waals surface area contributed by atoms with Crippen molar-refractivity contribution in [1.29, 1.82) is 0 Å². The Hall–Kier alpha value is -4.02. The predicted molar refractivity (Wildman–Crippen MR) is 165 cm³/mol. The Kier molecular flexibility index (Phi) is 9.51. The zero-order valence-corrected chi connectivity index (χ0v) is 25.2. The summed E-state index contributed by atoms with van der Waals surface area (Å²) in [7, 11) is -4.43. The van der Waals surface area contributed by atoms with E-state index in [1.165, 1.54) is 18.2 Å². The Bertz CT molecular complexity index is 1700. The van der Waals surface area contributed by atoms with Gasteiger partial charge in [0.2, 0.25) is 0 Å². The molecule has 1 aliphatic heterocycles. The summed E-state index contributed by atoms with van der Waals surface area (Å²) in [4.78, 5) is 18.4. The third kappa shape index (κ3) is 7.73. The highest BCUT2D eigenvalue weighted by atomic mass is 32.2. The summed E-state index contributed by atoms with van der Waals surface area (Å²) in [5.41, 5.74) is 2.45. The highest BCUT2D eigenvalue weighted by Gasteiger charge is 2.33. The van der Waals surface area contributed by atoms with Crippen molar-refractivity contribution in [1.82, 2.24) is 9.88 Å². The first-order valence-electron chi connectivity index (χ1n) is 14.6. The number of aromatic nitrogens is 1. The van der Waals surface area contributed by atoms with E-state index in [0.717, 1.165) is 43.1 Å². The molecule has 3 aromatic carbocycles. The number of pyridine rings is 1. The third-order valence-corrected chi connectivity index (χ3v) is 9.41. The summed E-state index contributed by atoms with van der Waals surface area (Å²) in [5.74, 6) is 0.0251. The van der Waals surface area contributed by atoms with Gasteiger partial charge in [-0.05, 0) is 97.9 Å². The van der Waals surface area contributed by atoms with Crippen molar-refractivity contribution in [2.24, 2.45) is 0 Å². The van der Waals surface area contributed by atoms with Crippen molar-refractivity contribution >= 4 is 21.5 Å². The summed E-state index contributed by atoms with van der Waals surface area (Å²) < 4.78 is 70.8. The van der Waals surface area contributed by atoms with Crippen LogP contribution in [0.25, 0.3) is 11.1 Å². The van der Waals surface area contributed by atoms with Crippen LogP contribution in [0.4, 0.5) is 18.9 Å². The molecule has 1 aromatic heterocycles. The molecule has 0 radical (unpaired) electrons. The van der Waals surface area contributed by atoms with Crippen molar-refractivity contribution in [3.8, 4) is 11.1 Å². The number of aryl methyl sites for hydroxylation is 1. The van der Waals surface area contributed by atoms with Crippen LogP contribution in [0, 0.1) is 0 Å². The van der Waals surface area contributed by atoms with E-state index >= 15 is 0 Å². The molecular weight excluding hydrogens is 587 g/mol. The summed E-state index contributed by atoms with van der Waals surface area (Å²) >= 11 is 0. The van der Waals surface area contributed by atoms with E-state index in [0.29, 0.717) is 30.0 Å². The largest absolute Gasteiger partial charge is 0.416 e. The van der Waals surface area contributed by atoms with E-state index in [9.17, 15) is 26.4 Å². The molecule has 6 nitrogen and oxygen atoms in total. The maximum atomic E-state index is 13.7. The quantitative estimate of drug-likeness (QED) is 0.188. The molecule has 2 heterocycles. The molecule has 230 valence electrons. The molecule has 44 heavy (non-hydrogen) atoms. The monoisotopic (exact) mass is 621 g/mol. The van der Waals surface area contributed by atoms with E-state index in [1.807, 2.05) is 24.3 Å². The summed E-state index contributed by atoms with van der Waals surface area (Å²) in [6, 6.07) is 20.2. The van der Waals surface area contributed by atoms with Gasteiger partial charge in [-0.25, -0.2) is 8.42 Å². The fourth-order valence-electron chi connectivity index (χ4n) is 5.51. The van der Waals surface area contributed by atoms with Crippen molar-refractivity contribution in [3.05, 3.63) is 114 Å². The van der Waals surface area contributed by atoms with Gasteiger partial charge in [0.05, 0.1) is 10.5 Å². The molecule has 1 aliphatic rings. The van der Waals surface area contributed by atoms with Crippen molar-refractivity contribution in [3.63, 3.8) is 0 Å². The van der Waals surface area contributed by atoms with Crippen LogP contribution in [-0.2, 0) is 33.8 Å². The number of halogens is 3. The van der Waals surface area contributed by atoms with E-state index < -0.39 is 26.7 Å². The second kappa shape index (κ2) is 13.3. The molecule has 1 unspecified atom stereocenters. The minimum atomic E-state index is -4.72. The van der Waals surface area contributed by atoms with Crippen molar-refractivity contribution in [2.75, 3.05) is 17.8 Å². The molecule has 0 bridgehead atoms. The highest BCUT2D eigenvalue weighted by Crippen LogP contribution is 2.37. The Morgan fingerprint density at radius 2 is 1.70 bits per heavy atom. The Morgan fingerprint density at radius 1 is 0.955 bits per heavy atom. The molecule has 0 saturated carbocycles. The topological polar surface area (TPSA) is 79.4 Å². The second-order valence-corrected chi connectivity index (χ2v) is 12.8. The number of benzene rings is 3. The first-order chi connectivity index (χ1) is 21.0. The Morgan fingerprint density at radius 3 is 2.39 bits per heavy atom. The average Bonchev–Trinajstić information content (AvgIpc) is 3.56. The van der Waals surface area contributed by atoms with Gasteiger partial charge < -0.3 is 0 Å². The Balaban J connectivity index is 1.37. The first-order valence-corrected chi connectivity index (χ1v) is 16.1. The van der Waals surface area contributed by atoms with Gasteiger partial charge in [-0.1, -0.05) is 42.5 Å². The fraction of sp³-hybridized carbons (Fsp3) is 0.294. The summed E-state index contributed by atoms with van der Waals surface area (Å²) in [6.07, 6.45) is 1.98. The number of hydrogen-bond acceptors (Lipinski definition) is 5. The number of sulfonamides is 1. The minimum Gasteiger partial charge on any atom is -0.299 e. The molecule has 10 heteroatoms. The lowest BCUT2D eigenvalue weighted by molar-refractivity contribution is -0.137. The number of Topliss-reactive ketones (excluding diaryl/α,β-unsaturated/α-hetero) is 1. The summed E-state index contributed by atoms with van der Waals surface area (Å²) in [5, 5.41) is 0. The number of nitrogens with one attached hydrogen (secondary N) is 1. The second-order valence-electron chi connectivity index (χ2n) is 11.1. The van der Waals surface area contributed by atoms with Gasteiger partial charge in [0, 0.05) is 42.5 Å². The van der Waals surface area contributed by atoms with E-state index in [-0.39, 0.29) is 29.5 Å². The molecule has 1 fully saturated rings. The highest BCUT2D eigenvalue weighted by molar-refractivity contribution is 7.92. The molecule has 0 spiro atoms. The van der Waals surface area contributed by atoms with E-state index in [4.69, 9.17) is 0 Å². The molecule has 1 saturated heterocycles. The van der Waals surface area contributed by atoms with Crippen LogP contribution in [-0.4, -0.2) is 37.2 Å². The SMILES string of the molecule is CC(c1cccc(-c2ccc(C(F)(F)F)cc2S(=O)(=O)Nc2ccc(CC(=O)CCc3cccnc3)cc2)c1)N1CCCC1. The predicted octanol–water partition coefficient (Wildman–Crippen LogP) is 7.47. The van der Waals surface area contributed by atoms with Crippen LogP contribution in [0.2, 0.25) is 0 Å². The minimum absolute atomic E-state index is 0.0251. The maximum Gasteiger partial charge on any atom is 0.416 e. The molecule has 1 atom stereocenters. The number of nitrogens with zero attached hydrogens (tertiary/aromatic N) is 2. The number of alkyl halides is 3. The van der Waals surface area contributed by atoms with E-state index in [1.54, 1.807) is 36.7 Å². The van der Waals surface area contributed by atoms with Crippen LogP contribution in [0.1, 0.15) is 54.5 Å². The van der Waals surface area contributed by atoms with Gasteiger partial charge in [0.25, 0.3) is 10.0 Å². The lowest BCUT2D eigenvalue weighted by Crippen LogP contribution is -2.23. The average molecular weight is 622 g/mol. The number of carbonyl (C=O) groups is 1. The summed E-state index contributed by atoms with van der Waals surface area (Å²) in [6.45, 7) is 4.01. The Labute approximate surface area is 256 Å². The molecule has 5 rings (SSSR count). The lowest BCUT2D eigenvalue weighted by atomic mass is 9.98. The van der Waals surface area contributed by atoms with Crippen LogP contribution in [0.15, 0.2) is 96.2 Å². The molecule has 0 amide bonds. The van der Waals surface area contributed by atoms with Crippen molar-refractivity contribution in [2.45, 2.75) is 56.1 Å². The van der Waals surface area contributed by atoms with Crippen molar-refractivity contribution < 1.29 is 26.4 Å². The van der Waals surface area contributed by atoms with Gasteiger partial charge in [-0.2, -0.15) is 13.2 Å². The number of carbonyl (C=O) groups excluding carboxylic acids is 1. The molecular formula is C34H34F3N3O3S. The van der Waals surface area contributed by atoms with Crippen LogP contribution >= 0.6 is 0 Å². The molecule has 0 aliphatic carbocycles. The zero-order valence-electron chi connectivity index (χ0n) is 24.3. The third-order valence-electron chi connectivity index (χ3n) is 7.99. The number of likely N-dealkylation sites (tertiary alicyclic amines) is 1. The first kappa shape index (κ1) is 31.4. The van der Waals surface area contributed by atoms with Gasteiger partial charge in [0.15, 0.2) is 0 Å². The van der Waals surface area contributed by atoms with Gasteiger partial charge in [0.1, 0.15) is 5.78 Å². The number of anilines is 1. The van der Waals surface area contributed by atoms with Gasteiger partial charge in [-0.15, -0.1) is 0 Å². The number of rotatable bonds is 11. The fourth-order valence-corrected chi connectivity index (χ4v) is 6.83. The maximum absolute atomic E-state index is 13.7. The standard InChI is InChI=1S/C34H34F3N3O3S/c1-24(40-18-2-3-19-40)27-7-4-8-28(21-27)32-16-12-29(34(35,36)37)22-33(32)44(42,43)39-30-13-9-25(10-14-30)20-31(41)15-11-26-6-5-17-38-23-26/h4-10,12-14,16-17,21-24,39H,2-3,11,15,18-20H2,1H3. The molecule has 4 aromatic rings. The number of ketones is 1. The normalized spacial score (nSPS) is 14.8. The lowest BCUT2D eigenvalue weighted by Gasteiger charge is -2.24. The smallest absolute Gasteiger partial charge is 0.299 e. The van der Waals surface area contributed by atoms with Crippen LogP contribution < -0.4 is 4.72 Å². The number of hydrogen-bond donors (Lipinski definition) is 1. The van der Waals surface area contributed by atoms with Crippen LogP contribution in [0.3, 0.4) is 0 Å². The zero-order chi connectivity index (χ0) is 31.3. The van der Waals surface area contributed by atoms with Gasteiger partial charge in [-0.3, -0.25) is 19.4 Å². The van der Waals surface area contributed by atoms with Gasteiger partial charge >= 0.3 is 6.18 Å². The van der Waals surface area contributed by atoms with Crippen LogP contribution in [0.5, 0.6) is 0 Å². The van der Waals surface area contributed by atoms with E-state index in [2.05, 4.69) is 21.5 Å². The molecule has 1 N–H and O–H groups in total.